The van der Waals surface area contributed by atoms with E-state index in [1.807, 2.05) is 0 Å². The minimum Gasteiger partial charge on any atom is -0.352 e. The van der Waals surface area contributed by atoms with Crippen LogP contribution in [0.3, 0.4) is 0 Å². The van der Waals surface area contributed by atoms with Gasteiger partial charge >= 0.3 is 6.03 Å². The van der Waals surface area contributed by atoms with Gasteiger partial charge in [0, 0.05) is 0 Å². The Bertz CT molecular complexity index is 82.7. The lowest BCUT2D eigenvalue weighted by atomic mass is 10.2. The smallest absolute Gasteiger partial charge is 0.309 e. The highest BCUT2D eigenvalue weighted by atomic mass is 19.0. The van der Waals surface area contributed by atoms with E-state index in [0.29, 0.717) is 0 Å². The third-order valence-corrected chi connectivity index (χ3v) is 1.06. The molecule has 76 valence electrons. The summed E-state index contributed by atoms with van der Waals surface area (Å²) in [7, 11) is 0. The fourth-order valence-electron chi connectivity index (χ4n) is 0.571. The van der Waals surface area contributed by atoms with E-state index in [1.54, 1.807) is 0 Å². The van der Waals surface area contributed by atoms with E-state index in [4.69, 9.17) is 10.5 Å². The van der Waals surface area contributed by atoms with Gasteiger partial charge in [-0.1, -0.05) is 26.2 Å². The third kappa shape index (κ3) is 61.1. The van der Waals surface area contributed by atoms with Crippen LogP contribution in [0.2, 0.25) is 0 Å². The highest BCUT2D eigenvalue weighted by molar-refractivity contribution is 5.69. The van der Waals surface area contributed by atoms with E-state index in [2.05, 4.69) is 18.4 Å². The van der Waals surface area contributed by atoms with Crippen molar-refractivity contribution in [1.82, 2.24) is 0 Å². The zero-order valence-electron chi connectivity index (χ0n) is 7.58. The quantitative estimate of drug-likeness (QED) is 0.557. The Morgan fingerprint density at radius 3 is 1.83 bits per heavy atom. The molecule has 0 aliphatic carbocycles. The first kappa shape index (κ1) is 17.3. The standard InChI is InChI=1S/C6H15N.CH4N2O.FH/c1-2-3-4-5-6-7;2-1(3)4;/h2-7H2,1H3;(H4,2,3,4);1H. The van der Waals surface area contributed by atoms with E-state index in [1.165, 1.54) is 25.7 Å². The van der Waals surface area contributed by atoms with Crippen molar-refractivity contribution in [2.75, 3.05) is 6.54 Å². The second-order valence-corrected chi connectivity index (χ2v) is 2.25. The number of unbranched alkanes of at least 4 members (excludes halogenated alkanes) is 3. The van der Waals surface area contributed by atoms with E-state index in [9.17, 15) is 0 Å². The monoisotopic (exact) mass is 181 g/mol. The van der Waals surface area contributed by atoms with Crippen LogP contribution in [0.5, 0.6) is 0 Å². The molecule has 0 rings (SSSR count). The predicted molar refractivity (Wildman–Crippen MR) is 49.5 cm³/mol. The molecule has 0 spiro atoms. The molecule has 4 nitrogen and oxygen atoms in total. The fourth-order valence-corrected chi connectivity index (χ4v) is 0.571. The molecule has 0 radical (unpaired) electrons. The number of carbonyl (C=O) groups excluding carboxylic acids is 1. The molecule has 0 unspecified atom stereocenters. The summed E-state index contributed by atoms with van der Waals surface area (Å²) in [5, 5.41) is 0. The number of urea groups is 1. The first-order chi connectivity index (χ1) is 5.15. The van der Waals surface area contributed by atoms with Crippen molar-refractivity contribution in [2.45, 2.75) is 32.6 Å². The number of amides is 2. The molecular weight excluding hydrogens is 161 g/mol. The summed E-state index contributed by atoms with van der Waals surface area (Å²) in [5.74, 6) is 0. The van der Waals surface area contributed by atoms with Crippen LogP contribution in [0, 0.1) is 0 Å². The maximum absolute atomic E-state index is 9.00. The topological polar surface area (TPSA) is 95.1 Å². The first-order valence-corrected chi connectivity index (χ1v) is 3.90. The van der Waals surface area contributed by atoms with Gasteiger partial charge in [0.1, 0.15) is 0 Å². The van der Waals surface area contributed by atoms with Gasteiger partial charge in [0.25, 0.3) is 0 Å². The summed E-state index contributed by atoms with van der Waals surface area (Å²) in [6.45, 7) is 3.07. The Balaban J connectivity index is -0.000000142. The van der Waals surface area contributed by atoms with Gasteiger partial charge in [-0.2, -0.15) is 0 Å². The molecule has 0 saturated heterocycles. The molecule has 5 heteroatoms. The Morgan fingerprint density at radius 1 is 1.17 bits per heavy atom. The van der Waals surface area contributed by atoms with Gasteiger partial charge in [-0.3, -0.25) is 4.70 Å². The second-order valence-electron chi connectivity index (χ2n) is 2.25. The highest BCUT2D eigenvalue weighted by Crippen LogP contribution is 1.95. The Morgan fingerprint density at radius 2 is 1.58 bits per heavy atom. The van der Waals surface area contributed by atoms with Crippen molar-refractivity contribution in [2.24, 2.45) is 17.2 Å². The molecule has 0 atom stereocenters. The molecule has 0 aromatic heterocycles. The van der Waals surface area contributed by atoms with Crippen molar-refractivity contribution in [3.05, 3.63) is 0 Å². The lowest BCUT2D eigenvalue weighted by Crippen LogP contribution is -2.18. The van der Waals surface area contributed by atoms with Gasteiger partial charge in [0.05, 0.1) is 0 Å². The molecule has 0 saturated carbocycles. The van der Waals surface area contributed by atoms with E-state index < -0.39 is 6.03 Å². The van der Waals surface area contributed by atoms with Gasteiger partial charge < -0.3 is 17.2 Å². The zero-order chi connectivity index (χ0) is 9.11. The maximum Gasteiger partial charge on any atom is 0.309 e. The van der Waals surface area contributed by atoms with Crippen LogP contribution in [0.25, 0.3) is 0 Å². The number of halogens is 1. The molecule has 2 amide bonds. The molecule has 0 aromatic rings. The lowest BCUT2D eigenvalue weighted by molar-refractivity contribution is 0.256. The Labute approximate surface area is 72.8 Å². The van der Waals surface area contributed by atoms with Crippen LogP contribution in [0.15, 0.2) is 0 Å². The number of primary amides is 2. The highest BCUT2D eigenvalue weighted by Gasteiger charge is 1.80. The SMILES string of the molecule is CCCCCCN.F.NC(N)=O. The van der Waals surface area contributed by atoms with Crippen LogP contribution < -0.4 is 17.2 Å². The molecule has 0 heterocycles. The molecule has 12 heavy (non-hydrogen) atoms. The van der Waals surface area contributed by atoms with Crippen LogP contribution in [0.1, 0.15) is 32.6 Å². The van der Waals surface area contributed by atoms with Crippen molar-refractivity contribution in [3.63, 3.8) is 0 Å². The average molecular weight is 181 g/mol. The van der Waals surface area contributed by atoms with Crippen LogP contribution in [0.4, 0.5) is 9.50 Å². The lowest BCUT2D eigenvalue weighted by Gasteiger charge is -1.90. The molecule has 0 bridgehead atoms. The summed E-state index contributed by atoms with van der Waals surface area (Å²) in [5.41, 5.74) is 13.8. The minimum absolute atomic E-state index is 0. The summed E-state index contributed by atoms with van der Waals surface area (Å²) in [4.78, 5) is 9.00. The summed E-state index contributed by atoms with van der Waals surface area (Å²) in [6.07, 6.45) is 5.16. The summed E-state index contributed by atoms with van der Waals surface area (Å²) >= 11 is 0. The van der Waals surface area contributed by atoms with Crippen molar-refractivity contribution >= 4 is 6.03 Å². The van der Waals surface area contributed by atoms with Crippen LogP contribution >= 0.6 is 0 Å². The van der Waals surface area contributed by atoms with Crippen molar-refractivity contribution < 1.29 is 9.50 Å². The van der Waals surface area contributed by atoms with Gasteiger partial charge in [0.15, 0.2) is 0 Å². The number of hydrogen-bond acceptors (Lipinski definition) is 2. The summed E-state index contributed by atoms with van der Waals surface area (Å²) < 4.78 is 0. The average Bonchev–Trinajstić information content (AvgIpc) is 1.88. The molecule has 0 aromatic carbocycles. The largest absolute Gasteiger partial charge is 0.352 e. The third-order valence-electron chi connectivity index (χ3n) is 1.06. The molecule has 0 aliphatic heterocycles. The molecule has 6 N–H and O–H groups in total. The number of carbonyl (C=O) groups is 1. The van der Waals surface area contributed by atoms with E-state index >= 15 is 0 Å². The zero-order valence-corrected chi connectivity index (χ0v) is 7.58. The summed E-state index contributed by atoms with van der Waals surface area (Å²) in [6, 6.07) is -0.833. The second kappa shape index (κ2) is 16.6. The van der Waals surface area contributed by atoms with Crippen molar-refractivity contribution in [1.29, 1.82) is 0 Å². The molecule has 0 aliphatic rings. The van der Waals surface area contributed by atoms with E-state index in [0.717, 1.165) is 6.54 Å². The number of nitrogens with two attached hydrogens (primary N) is 3. The number of hydrogen-bond donors (Lipinski definition) is 3. The van der Waals surface area contributed by atoms with Crippen LogP contribution in [-0.4, -0.2) is 12.6 Å². The van der Waals surface area contributed by atoms with Gasteiger partial charge in [-0.25, -0.2) is 4.79 Å². The van der Waals surface area contributed by atoms with E-state index in [-0.39, 0.29) is 4.70 Å². The first-order valence-electron chi connectivity index (χ1n) is 3.90. The fraction of sp³-hybridized carbons (Fsp3) is 0.857. The normalized spacial score (nSPS) is 7.50. The Hall–Kier alpha value is -0.840. The van der Waals surface area contributed by atoms with Gasteiger partial charge in [-0.05, 0) is 13.0 Å². The van der Waals surface area contributed by atoms with Gasteiger partial charge in [-0.15, -0.1) is 0 Å². The number of rotatable bonds is 4. The van der Waals surface area contributed by atoms with Crippen LogP contribution in [-0.2, 0) is 0 Å². The van der Waals surface area contributed by atoms with Crippen molar-refractivity contribution in [3.8, 4) is 0 Å². The molecular formula is C7H20FN3O. The Kier molecular flexibility index (Phi) is 24.0. The predicted octanol–water partition coefficient (Wildman–Crippen LogP) is 0.702. The maximum atomic E-state index is 9.00. The molecule has 0 fully saturated rings. The minimum atomic E-state index is -0.833. The van der Waals surface area contributed by atoms with Gasteiger partial charge in [0.2, 0.25) is 0 Å².